The van der Waals surface area contributed by atoms with Gasteiger partial charge < -0.3 is 4.74 Å². The van der Waals surface area contributed by atoms with Gasteiger partial charge in [-0.05, 0) is 33.6 Å². The minimum atomic E-state index is -0.779. The molecule has 0 aromatic heterocycles. The second-order valence-electron chi connectivity index (χ2n) is 9.25. The van der Waals surface area contributed by atoms with E-state index < -0.39 is 17.2 Å². The number of hydrogen-bond donors (Lipinski definition) is 0. The lowest BCUT2D eigenvalue weighted by Crippen LogP contribution is -2.29. The van der Waals surface area contributed by atoms with Crippen molar-refractivity contribution in [3.05, 3.63) is 58.9 Å². The van der Waals surface area contributed by atoms with Gasteiger partial charge in [-0.25, -0.2) is 0 Å². The molecule has 0 heterocycles. The van der Waals surface area contributed by atoms with E-state index in [-0.39, 0.29) is 22.7 Å². The average molecular weight is 425 g/mol. The van der Waals surface area contributed by atoms with Crippen LogP contribution in [0.5, 0.6) is 0 Å². The second-order valence-corrected chi connectivity index (χ2v) is 9.25. The quantitative estimate of drug-likeness (QED) is 0.283. The van der Waals surface area contributed by atoms with Crippen LogP contribution in [0.2, 0.25) is 0 Å². The Morgan fingerprint density at radius 2 is 1.42 bits per heavy atom. The molecule has 0 amide bonds. The molecule has 1 aromatic carbocycles. The lowest BCUT2D eigenvalue weighted by molar-refractivity contribution is -0.148. The minimum Gasteiger partial charge on any atom is -0.421 e. The molecule has 2 rings (SSSR count). The summed E-state index contributed by atoms with van der Waals surface area (Å²) >= 11 is 0. The van der Waals surface area contributed by atoms with E-state index >= 15 is 0 Å². The van der Waals surface area contributed by atoms with Crippen molar-refractivity contribution in [3.8, 4) is 0 Å². The molecule has 4 nitrogen and oxygen atoms in total. The number of allylic oxidation sites excluding steroid dienone is 4. The summed E-state index contributed by atoms with van der Waals surface area (Å²) in [6, 6.07) is 6.68. The Labute approximate surface area is 186 Å². The summed E-state index contributed by atoms with van der Waals surface area (Å²) in [5.74, 6) is -1.38. The van der Waals surface area contributed by atoms with Crippen LogP contribution in [0.25, 0.3) is 0 Å². The fourth-order valence-electron chi connectivity index (χ4n) is 3.47. The number of unbranched alkanes of at least 4 members (excludes halogenated alkanes) is 8. The zero-order valence-corrected chi connectivity index (χ0v) is 19.5. The Morgan fingerprint density at radius 1 is 0.871 bits per heavy atom. The third-order valence-electron chi connectivity index (χ3n) is 5.43. The summed E-state index contributed by atoms with van der Waals surface area (Å²) in [5.41, 5.74) is 0.0271. The van der Waals surface area contributed by atoms with E-state index in [0.29, 0.717) is 5.56 Å². The first-order valence-corrected chi connectivity index (χ1v) is 11.6. The summed E-state index contributed by atoms with van der Waals surface area (Å²) in [7, 11) is 0. The van der Waals surface area contributed by atoms with Crippen molar-refractivity contribution in [2.24, 2.45) is 5.41 Å². The number of rotatable bonds is 11. The van der Waals surface area contributed by atoms with Gasteiger partial charge in [-0.1, -0.05) is 88.3 Å². The number of benzene rings is 1. The number of hydrogen-bond acceptors (Lipinski definition) is 4. The van der Waals surface area contributed by atoms with Gasteiger partial charge in [0.2, 0.25) is 5.78 Å². The molecule has 0 atom stereocenters. The molecule has 0 N–H and O–H groups in total. The highest BCUT2D eigenvalue weighted by atomic mass is 16.5. The summed E-state index contributed by atoms with van der Waals surface area (Å²) in [6.07, 6.45) is 14.3. The molecule has 1 aliphatic carbocycles. The van der Waals surface area contributed by atoms with Crippen molar-refractivity contribution in [1.82, 2.24) is 0 Å². The molecule has 0 saturated carbocycles. The van der Waals surface area contributed by atoms with E-state index in [2.05, 4.69) is 6.92 Å². The molecule has 0 unspecified atom stereocenters. The van der Waals surface area contributed by atoms with Crippen LogP contribution >= 0.6 is 0 Å². The summed E-state index contributed by atoms with van der Waals surface area (Å²) in [5, 5.41) is 0. The number of Topliss-reactive ketones (excluding diaryl/α,β-unsaturated/α-hetero) is 2. The molecule has 168 valence electrons. The van der Waals surface area contributed by atoms with Crippen molar-refractivity contribution in [3.63, 3.8) is 0 Å². The van der Waals surface area contributed by atoms with E-state index in [4.69, 9.17) is 4.74 Å². The maximum atomic E-state index is 13.0. The summed E-state index contributed by atoms with van der Waals surface area (Å²) < 4.78 is 5.47. The summed E-state index contributed by atoms with van der Waals surface area (Å²) in [4.78, 5) is 38.5. The van der Waals surface area contributed by atoms with Crippen LogP contribution in [0, 0.1) is 5.41 Å². The molecule has 0 saturated heterocycles. The van der Waals surface area contributed by atoms with Crippen LogP contribution < -0.4 is 0 Å². The Kier molecular flexibility index (Phi) is 9.42. The number of carbonyl (C=O) groups excluding carboxylic acids is 3. The number of ether oxygens (including phenoxy) is 1. The van der Waals surface area contributed by atoms with Gasteiger partial charge >= 0.3 is 5.97 Å². The summed E-state index contributed by atoms with van der Waals surface area (Å²) in [6.45, 7) is 7.38. The van der Waals surface area contributed by atoms with Crippen LogP contribution in [0.3, 0.4) is 0 Å². The highest BCUT2D eigenvalue weighted by Crippen LogP contribution is 2.30. The van der Waals surface area contributed by atoms with E-state index in [0.717, 1.165) is 19.3 Å². The monoisotopic (exact) mass is 424 g/mol. The standard InChI is InChI=1S/C27H36O4/c1-5-6-7-8-9-10-11-12-13-14-19-22-23(28)20-17-15-16-18-21(20)24(29)25(22)31-26(30)27(2,3)4/h14-19H,5-13H2,1-4H3. The smallest absolute Gasteiger partial charge is 0.316 e. The number of carbonyl (C=O) groups is 3. The van der Waals surface area contributed by atoms with Crippen molar-refractivity contribution >= 4 is 17.5 Å². The van der Waals surface area contributed by atoms with Gasteiger partial charge in [-0.3, -0.25) is 14.4 Å². The van der Waals surface area contributed by atoms with Gasteiger partial charge in [0.15, 0.2) is 11.5 Å². The highest BCUT2D eigenvalue weighted by molar-refractivity contribution is 6.27. The van der Waals surface area contributed by atoms with Gasteiger partial charge in [-0.2, -0.15) is 0 Å². The molecule has 0 bridgehead atoms. The van der Waals surface area contributed by atoms with E-state index in [1.165, 1.54) is 38.5 Å². The molecule has 0 radical (unpaired) electrons. The third kappa shape index (κ3) is 7.02. The third-order valence-corrected chi connectivity index (χ3v) is 5.43. The SMILES string of the molecule is CCCCCCCCCCC=CC1=C(OC(=O)C(C)(C)C)C(=O)c2ccccc2C1=O. The van der Waals surface area contributed by atoms with Gasteiger partial charge in [0.05, 0.1) is 11.0 Å². The Bertz CT molecular complexity index is 852. The topological polar surface area (TPSA) is 60.4 Å². The Balaban J connectivity index is 2.07. The van der Waals surface area contributed by atoms with Gasteiger partial charge in [0.1, 0.15) is 0 Å². The van der Waals surface area contributed by atoms with E-state index in [9.17, 15) is 14.4 Å². The largest absolute Gasteiger partial charge is 0.421 e. The predicted octanol–water partition coefficient (Wildman–Crippen LogP) is 7.00. The Morgan fingerprint density at radius 3 is 2.00 bits per heavy atom. The molecular weight excluding hydrogens is 388 g/mol. The number of esters is 1. The van der Waals surface area contributed by atoms with Gasteiger partial charge in [-0.15, -0.1) is 0 Å². The predicted molar refractivity (Wildman–Crippen MR) is 124 cm³/mol. The normalized spacial score (nSPS) is 14.3. The molecular formula is C27H36O4. The van der Waals surface area contributed by atoms with Crippen molar-refractivity contribution in [1.29, 1.82) is 0 Å². The minimum absolute atomic E-state index is 0.157. The highest BCUT2D eigenvalue weighted by Gasteiger charge is 2.35. The number of fused-ring (bicyclic) bond motifs is 1. The first kappa shape index (κ1) is 24.8. The maximum Gasteiger partial charge on any atom is 0.316 e. The van der Waals surface area contributed by atoms with Crippen LogP contribution in [-0.2, 0) is 9.53 Å². The molecule has 0 aliphatic heterocycles. The molecule has 0 fully saturated rings. The van der Waals surface area contributed by atoms with Crippen molar-refractivity contribution in [2.45, 2.75) is 85.5 Å². The zero-order chi connectivity index (χ0) is 22.9. The molecule has 1 aromatic rings. The second kappa shape index (κ2) is 11.8. The molecule has 1 aliphatic rings. The average Bonchev–Trinajstić information content (AvgIpc) is 2.74. The van der Waals surface area contributed by atoms with Gasteiger partial charge in [0.25, 0.3) is 0 Å². The van der Waals surface area contributed by atoms with E-state index in [1.54, 1.807) is 51.1 Å². The first-order chi connectivity index (χ1) is 14.8. The maximum absolute atomic E-state index is 13.0. The molecule has 31 heavy (non-hydrogen) atoms. The van der Waals surface area contributed by atoms with Gasteiger partial charge in [0, 0.05) is 11.1 Å². The van der Waals surface area contributed by atoms with Crippen LogP contribution in [0.1, 0.15) is 106 Å². The van der Waals surface area contributed by atoms with Crippen molar-refractivity contribution < 1.29 is 19.1 Å². The fraction of sp³-hybridized carbons (Fsp3) is 0.519. The molecule has 4 heteroatoms. The molecule has 0 spiro atoms. The van der Waals surface area contributed by atoms with E-state index in [1.807, 2.05) is 6.08 Å². The van der Waals surface area contributed by atoms with Crippen LogP contribution in [-0.4, -0.2) is 17.5 Å². The van der Waals surface area contributed by atoms with Crippen LogP contribution in [0.15, 0.2) is 47.7 Å². The van der Waals surface area contributed by atoms with Crippen molar-refractivity contribution in [2.75, 3.05) is 0 Å². The Hall–Kier alpha value is -2.49. The zero-order valence-electron chi connectivity index (χ0n) is 19.5. The number of ketones is 2. The first-order valence-electron chi connectivity index (χ1n) is 11.6. The lowest BCUT2D eigenvalue weighted by atomic mass is 9.87. The fourth-order valence-corrected chi connectivity index (χ4v) is 3.47. The lowest BCUT2D eigenvalue weighted by Gasteiger charge is -2.22. The van der Waals surface area contributed by atoms with Crippen LogP contribution in [0.4, 0.5) is 0 Å².